The normalized spacial score (nSPS) is 29.1. The first-order chi connectivity index (χ1) is 10.6. The average molecular weight is 304 g/mol. The first-order valence-corrected chi connectivity index (χ1v) is 7.56. The molecule has 0 aliphatic carbocycles. The zero-order valence-electron chi connectivity index (χ0n) is 12.2. The van der Waals surface area contributed by atoms with Crippen molar-refractivity contribution in [1.29, 1.82) is 0 Å². The molecule has 4 atom stereocenters. The SMILES string of the molecule is NC(Cc1ccc(O)cc1)C(=O)C1OC2CCCNC2C1=O. The van der Waals surface area contributed by atoms with Gasteiger partial charge in [0.05, 0.1) is 18.2 Å². The van der Waals surface area contributed by atoms with E-state index >= 15 is 0 Å². The number of nitrogens with two attached hydrogens (primary N) is 1. The third kappa shape index (κ3) is 2.90. The molecule has 2 heterocycles. The summed E-state index contributed by atoms with van der Waals surface area (Å²) in [5.74, 6) is -0.404. The highest BCUT2D eigenvalue weighted by molar-refractivity contribution is 6.11. The minimum absolute atomic E-state index is 0.160. The van der Waals surface area contributed by atoms with E-state index in [9.17, 15) is 14.7 Å². The van der Waals surface area contributed by atoms with E-state index in [1.807, 2.05) is 0 Å². The van der Waals surface area contributed by atoms with Crippen LogP contribution in [0.15, 0.2) is 24.3 Å². The Hall–Kier alpha value is -1.76. The molecule has 0 aromatic heterocycles. The lowest BCUT2D eigenvalue weighted by atomic mass is 9.94. The molecule has 1 aromatic carbocycles. The smallest absolute Gasteiger partial charge is 0.188 e. The van der Waals surface area contributed by atoms with Crippen LogP contribution in [0.4, 0.5) is 0 Å². The molecule has 22 heavy (non-hydrogen) atoms. The molecule has 6 nitrogen and oxygen atoms in total. The van der Waals surface area contributed by atoms with Gasteiger partial charge >= 0.3 is 0 Å². The first kappa shape index (κ1) is 15.1. The molecule has 0 amide bonds. The minimum Gasteiger partial charge on any atom is -0.508 e. The topological polar surface area (TPSA) is 102 Å². The highest BCUT2D eigenvalue weighted by Crippen LogP contribution is 2.25. The molecular weight excluding hydrogens is 284 g/mol. The summed E-state index contributed by atoms with van der Waals surface area (Å²) in [6, 6.07) is 5.34. The van der Waals surface area contributed by atoms with Gasteiger partial charge in [-0.1, -0.05) is 12.1 Å². The largest absolute Gasteiger partial charge is 0.508 e. The second-order valence-corrected chi connectivity index (χ2v) is 5.91. The van der Waals surface area contributed by atoms with E-state index in [0.29, 0.717) is 6.42 Å². The zero-order chi connectivity index (χ0) is 15.7. The molecule has 2 fully saturated rings. The lowest BCUT2D eigenvalue weighted by molar-refractivity contribution is -0.138. The van der Waals surface area contributed by atoms with Gasteiger partial charge in [-0.25, -0.2) is 0 Å². The maximum absolute atomic E-state index is 12.4. The van der Waals surface area contributed by atoms with Crippen LogP contribution in [0.1, 0.15) is 18.4 Å². The molecule has 6 heteroatoms. The van der Waals surface area contributed by atoms with E-state index < -0.39 is 12.1 Å². The third-order valence-corrected chi connectivity index (χ3v) is 4.29. The maximum atomic E-state index is 12.4. The van der Waals surface area contributed by atoms with Crippen LogP contribution in [0.5, 0.6) is 5.75 Å². The minimum atomic E-state index is -1.05. The second kappa shape index (κ2) is 6.16. The Bertz CT molecular complexity index is 572. The van der Waals surface area contributed by atoms with Gasteiger partial charge in [0.25, 0.3) is 0 Å². The number of phenolic OH excluding ortho intramolecular Hbond substituents is 1. The van der Waals surface area contributed by atoms with E-state index in [1.165, 1.54) is 0 Å². The number of nitrogens with one attached hydrogen (secondary N) is 1. The second-order valence-electron chi connectivity index (χ2n) is 5.91. The fourth-order valence-electron chi connectivity index (χ4n) is 3.08. The quantitative estimate of drug-likeness (QED) is 0.673. The lowest BCUT2D eigenvalue weighted by Crippen LogP contribution is -2.48. The van der Waals surface area contributed by atoms with Gasteiger partial charge in [-0.05, 0) is 43.5 Å². The number of Topliss-reactive ketones (excluding diaryl/α,β-unsaturated/α-hetero) is 2. The Labute approximate surface area is 128 Å². The molecule has 0 bridgehead atoms. The zero-order valence-corrected chi connectivity index (χ0v) is 12.2. The molecule has 4 unspecified atom stereocenters. The fraction of sp³-hybridized carbons (Fsp3) is 0.500. The van der Waals surface area contributed by atoms with Crippen molar-refractivity contribution in [2.45, 2.75) is 43.6 Å². The highest BCUT2D eigenvalue weighted by Gasteiger charge is 2.48. The molecule has 3 rings (SSSR count). The highest BCUT2D eigenvalue weighted by atomic mass is 16.5. The fourth-order valence-corrected chi connectivity index (χ4v) is 3.08. The Kier molecular flexibility index (Phi) is 4.24. The molecule has 0 radical (unpaired) electrons. The number of rotatable bonds is 4. The van der Waals surface area contributed by atoms with E-state index in [4.69, 9.17) is 10.5 Å². The molecule has 0 spiro atoms. The number of ether oxygens (including phenoxy) is 1. The van der Waals surface area contributed by atoms with Crippen molar-refractivity contribution in [2.24, 2.45) is 5.73 Å². The summed E-state index contributed by atoms with van der Waals surface area (Å²) in [7, 11) is 0. The van der Waals surface area contributed by atoms with Gasteiger partial charge in [-0.3, -0.25) is 9.59 Å². The van der Waals surface area contributed by atoms with Gasteiger partial charge in [0.1, 0.15) is 5.75 Å². The summed E-state index contributed by atoms with van der Waals surface area (Å²) in [6.07, 6.45) is 0.786. The molecule has 2 aliphatic rings. The Morgan fingerprint density at radius 2 is 2.14 bits per heavy atom. The monoisotopic (exact) mass is 304 g/mol. The van der Waals surface area contributed by atoms with Crippen molar-refractivity contribution in [1.82, 2.24) is 5.32 Å². The number of benzene rings is 1. The van der Waals surface area contributed by atoms with Crippen LogP contribution in [0.25, 0.3) is 0 Å². The van der Waals surface area contributed by atoms with Crippen molar-refractivity contribution in [2.75, 3.05) is 6.54 Å². The number of carbonyl (C=O) groups is 2. The first-order valence-electron chi connectivity index (χ1n) is 7.56. The summed E-state index contributed by atoms with van der Waals surface area (Å²) in [6.45, 7) is 0.775. The van der Waals surface area contributed by atoms with Crippen molar-refractivity contribution in [3.8, 4) is 5.75 Å². The Balaban J connectivity index is 1.65. The molecule has 118 valence electrons. The van der Waals surface area contributed by atoms with Gasteiger partial charge in [0.2, 0.25) is 0 Å². The van der Waals surface area contributed by atoms with Crippen LogP contribution >= 0.6 is 0 Å². The molecule has 2 saturated heterocycles. The van der Waals surface area contributed by atoms with Crippen LogP contribution in [-0.4, -0.2) is 47.5 Å². The predicted octanol–water partition coefficient (Wildman–Crippen LogP) is -0.0804. The standard InChI is InChI=1S/C16H20N2O4/c17-11(8-9-3-5-10(19)6-4-9)14(20)16-15(21)13-12(22-16)2-1-7-18-13/h3-6,11-13,16,18-19H,1-2,7-8,17H2. The Morgan fingerprint density at radius 3 is 2.82 bits per heavy atom. The number of ketones is 2. The van der Waals surface area contributed by atoms with Crippen LogP contribution in [0, 0.1) is 0 Å². The van der Waals surface area contributed by atoms with Crippen molar-refractivity contribution in [3.63, 3.8) is 0 Å². The number of fused-ring (bicyclic) bond motifs is 1. The van der Waals surface area contributed by atoms with Gasteiger partial charge in [-0.2, -0.15) is 0 Å². The molecular formula is C16H20N2O4. The lowest BCUT2D eigenvalue weighted by Gasteiger charge is -2.23. The number of hydrogen-bond donors (Lipinski definition) is 3. The van der Waals surface area contributed by atoms with Gasteiger partial charge < -0.3 is 20.9 Å². The molecule has 0 saturated carbocycles. The van der Waals surface area contributed by atoms with Gasteiger partial charge in [0, 0.05) is 0 Å². The predicted molar refractivity (Wildman–Crippen MR) is 79.5 cm³/mol. The summed E-state index contributed by atoms with van der Waals surface area (Å²) < 4.78 is 5.64. The summed E-state index contributed by atoms with van der Waals surface area (Å²) in [4.78, 5) is 24.7. The van der Waals surface area contributed by atoms with Gasteiger partial charge in [0.15, 0.2) is 17.7 Å². The molecule has 1 aromatic rings. The van der Waals surface area contributed by atoms with Crippen LogP contribution < -0.4 is 11.1 Å². The van der Waals surface area contributed by atoms with E-state index in [1.54, 1.807) is 24.3 Å². The van der Waals surface area contributed by atoms with Crippen molar-refractivity contribution >= 4 is 11.6 Å². The van der Waals surface area contributed by atoms with Crippen molar-refractivity contribution in [3.05, 3.63) is 29.8 Å². The maximum Gasteiger partial charge on any atom is 0.188 e. The van der Waals surface area contributed by atoms with E-state index in [2.05, 4.69) is 5.32 Å². The van der Waals surface area contributed by atoms with E-state index in [0.717, 1.165) is 24.9 Å². The van der Waals surface area contributed by atoms with Gasteiger partial charge in [-0.15, -0.1) is 0 Å². The molecule has 4 N–H and O–H groups in total. The number of phenols is 1. The number of hydrogen-bond acceptors (Lipinski definition) is 6. The number of carbonyl (C=O) groups excluding carboxylic acids is 2. The number of aromatic hydroxyl groups is 1. The number of piperidine rings is 1. The third-order valence-electron chi connectivity index (χ3n) is 4.29. The van der Waals surface area contributed by atoms with Crippen LogP contribution in [0.2, 0.25) is 0 Å². The summed E-state index contributed by atoms with van der Waals surface area (Å²) in [5, 5.41) is 12.4. The van der Waals surface area contributed by atoms with Crippen molar-refractivity contribution < 1.29 is 19.4 Å². The van der Waals surface area contributed by atoms with E-state index in [-0.39, 0.29) is 29.5 Å². The Morgan fingerprint density at radius 1 is 1.41 bits per heavy atom. The summed E-state index contributed by atoms with van der Waals surface area (Å²) in [5.41, 5.74) is 6.79. The molecule has 2 aliphatic heterocycles. The van der Waals surface area contributed by atoms with Crippen LogP contribution in [0.3, 0.4) is 0 Å². The van der Waals surface area contributed by atoms with Crippen LogP contribution in [-0.2, 0) is 20.7 Å². The summed E-state index contributed by atoms with van der Waals surface area (Å²) >= 11 is 0. The average Bonchev–Trinajstić information content (AvgIpc) is 2.86.